The lowest BCUT2D eigenvalue weighted by atomic mass is 9.89. The second kappa shape index (κ2) is 8.81. The first-order valence-electron chi connectivity index (χ1n) is 11.8. The summed E-state index contributed by atoms with van der Waals surface area (Å²) >= 11 is 0. The number of ether oxygens (including phenoxy) is 1. The Morgan fingerprint density at radius 1 is 1.00 bits per heavy atom. The molecule has 4 aliphatic rings. The molecule has 8 heteroatoms. The van der Waals surface area contributed by atoms with Crippen LogP contribution < -0.4 is 10.1 Å². The highest BCUT2D eigenvalue weighted by Gasteiger charge is 2.39. The first-order chi connectivity index (χ1) is 15.5. The monoisotopic (exact) mass is 443 g/mol. The van der Waals surface area contributed by atoms with E-state index in [2.05, 4.69) is 10.2 Å². The number of amides is 3. The van der Waals surface area contributed by atoms with Crippen LogP contribution in [0.1, 0.15) is 67.3 Å². The summed E-state index contributed by atoms with van der Waals surface area (Å²) in [4.78, 5) is 40.5. The number of nitrogens with zero attached hydrogens (tertiary/aromatic N) is 2. The first-order valence-corrected chi connectivity index (χ1v) is 11.8. The predicted octanol–water partition coefficient (Wildman–Crippen LogP) is 2.57. The molecule has 1 aromatic rings. The number of imide groups is 1. The second-order valence-electron chi connectivity index (χ2n) is 9.44. The quantitative estimate of drug-likeness (QED) is 0.724. The van der Waals surface area contributed by atoms with Crippen molar-refractivity contribution < 1.29 is 23.5 Å². The Morgan fingerprint density at radius 3 is 2.56 bits per heavy atom. The van der Waals surface area contributed by atoms with Crippen LogP contribution in [0.15, 0.2) is 18.2 Å². The lowest BCUT2D eigenvalue weighted by Crippen LogP contribution is -2.52. The number of fused-ring (bicyclic) bond motifs is 1. The number of piperidine rings is 2. The minimum Gasteiger partial charge on any atom is -0.489 e. The van der Waals surface area contributed by atoms with Crippen molar-refractivity contribution in [3.05, 3.63) is 29.3 Å². The van der Waals surface area contributed by atoms with Crippen molar-refractivity contribution in [3.8, 4) is 5.75 Å². The third-order valence-electron chi connectivity index (χ3n) is 7.38. The van der Waals surface area contributed by atoms with Gasteiger partial charge >= 0.3 is 0 Å². The third-order valence-corrected chi connectivity index (χ3v) is 7.38. The minimum atomic E-state index is -0.684. The molecule has 1 N–H and O–H groups in total. The summed E-state index contributed by atoms with van der Waals surface area (Å²) in [5.74, 6) is -0.130. The van der Waals surface area contributed by atoms with E-state index in [4.69, 9.17) is 4.74 Å². The SMILES string of the molecule is O=C1CCC(N2Cc3cc(O[C@@H]4CCCC[C@@H]4N4CCC(F)CC4)ccc3C2=O)C(=O)N1. The lowest BCUT2D eigenvalue weighted by Gasteiger charge is -2.42. The molecule has 1 aromatic carbocycles. The molecule has 0 spiro atoms. The number of hydrogen-bond acceptors (Lipinski definition) is 5. The zero-order valence-corrected chi connectivity index (χ0v) is 18.2. The van der Waals surface area contributed by atoms with Crippen molar-refractivity contribution in [3.63, 3.8) is 0 Å². The molecule has 3 amide bonds. The van der Waals surface area contributed by atoms with Gasteiger partial charge in [-0.2, -0.15) is 0 Å². The molecule has 0 radical (unpaired) electrons. The highest BCUT2D eigenvalue weighted by molar-refractivity contribution is 6.05. The first kappa shape index (κ1) is 21.4. The van der Waals surface area contributed by atoms with Gasteiger partial charge in [0.15, 0.2) is 0 Å². The second-order valence-corrected chi connectivity index (χ2v) is 9.44. The summed E-state index contributed by atoms with van der Waals surface area (Å²) in [6, 6.07) is 5.22. The number of likely N-dealkylation sites (tertiary alicyclic amines) is 1. The van der Waals surface area contributed by atoms with Gasteiger partial charge in [0, 0.05) is 37.7 Å². The van der Waals surface area contributed by atoms with Gasteiger partial charge in [-0.3, -0.25) is 24.6 Å². The number of halogens is 1. The summed E-state index contributed by atoms with van der Waals surface area (Å²) in [5.41, 5.74) is 1.44. The average Bonchev–Trinajstić information content (AvgIpc) is 3.10. The molecule has 1 saturated carbocycles. The number of carbonyl (C=O) groups excluding carboxylic acids is 3. The lowest BCUT2D eigenvalue weighted by molar-refractivity contribution is -0.136. The van der Waals surface area contributed by atoms with Crippen LogP contribution in [0, 0.1) is 0 Å². The molecular formula is C24H30FN3O4. The van der Waals surface area contributed by atoms with Crippen molar-refractivity contribution in [2.24, 2.45) is 0 Å². The van der Waals surface area contributed by atoms with Crippen LogP contribution in [0.25, 0.3) is 0 Å². The summed E-state index contributed by atoms with van der Waals surface area (Å²) in [6.07, 6.45) is 5.48. The van der Waals surface area contributed by atoms with E-state index < -0.39 is 18.1 Å². The molecule has 0 bridgehead atoms. The molecule has 1 aliphatic carbocycles. The summed E-state index contributed by atoms with van der Waals surface area (Å²) in [6.45, 7) is 1.91. The Bertz CT molecular complexity index is 915. The van der Waals surface area contributed by atoms with Gasteiger partial charge in [-0.1, -0.05) is 6.42 Å². The van der Waals surface area contributed by atoms with E-state index in [1.807, 2.05) is 12.1 Å². The molecule has 7 nitrogen and oxygen atoms in total. The largest absolute Gasteiger partial charge is 0.489 e. The fourth-order valence-electron chi connectivity index (χ4n) is 5.63. The van der Waals surface area contributed by atoms with E-state index in [0.717, 1.165) is 43.7 Å². The van der Waals surface area contributed by atoms with Gasteiger partial charge in [0.25, 0.3) is 5.91 Å². The fraction of sp³-hybridized carbons (Fsp3) is 0.625. The Hall–Kier alpha value is -2.48. The van der Waals surface area contributed by atoms with Crippen LogP contribution in [-0.4, -0.2) is 65.0 Å². The van der Waals surface area contributed by atoms with Gasteiger partial charge in [0.05, 0.1) is 0 Å². The predicted molar refractivity (Wildman–Crippen MR) is 115 cm³/mol. The molecule has 3 fully saturated rings. The standard InChI is InChI=1S/C24H30FN3O4/c25-16-9-11-27(12-10-16)19-3-1-2-4-21(19)32-17-5-6-18-15(13-17)14-28(24(18)31)20-7-8-22(29)26-23(20)30/h5-6,13,16,19-21H,1-4,7-12,14H2,(H,26,29,30)/t19-,20?,21+/m0/s1. The molecule has 2 saturated heterocycles. The van der Waals surface area contributed by atoms with Gasteiger partial charge in [-0.15, -0.1) is 0 Å². The zero-order chi connectivity index (χ0) is 22.2. The van der Waals surface area contributed by atoms with E-state index in [1.165, 1.54) is 6.42 Å². The van der Waals surface area contributed by atoms with Crippen LogP contribution in [0.4, 0.5) is 4.39 Å². The third kappa shape index (κ3) is 4.12. The minimum absolute atomic E-state index is 0.0568. The Morgan fingerprint density at radius 2 is 1.78 bits per heavy atom. The number of hydrogen-bond donors (Lipinski definition) is 1. The highest BCUT2D eigenvalue weighted by atomic mass is 19.1. The fourth-order valence-corrected chi connectivity index (χ4v) is 5.63. The van der Waals surface area contributed by atoms with Gasteiger partial charge in [-0.25, -0.2) is 4.39 Å². The molecule has 1 unspecified atom stereocenters. The smallest absolute Gasteiger partial charge is 0.255 e. The molecule has 3 heterocycles. The number of alkyl halides is 1. The molecule has 3 atom stereocenters. The van der Waals surface area contributed by atoms with Crippen LogP contribution in [0.2, 0.25) is 0 Å². The molecular weight excluding hydrogens is 413 g/mol. The zero-order valence-electron chi connectivity index (χ0n) is 18.2. The maximum Gasteiger partial charge on any atom is 0.255 e. The van der Waals surface area contributed by atoms with Gasteiger partial charge in [0.2, 0.25) is 11.8 Å². The maximum absolute atomic E-state index is 13.6. The number of nitrogens with one attached hydrogen (secondary N) is 1. The normalized spacial score (nSPS) is 29.7. The van der Waals surface area contributed by atoms with Crippen LogP contribution in [0.3, 0.4) is 0 Å². The van der Waals surface area contributed by atoms with Crippen molar-refractivity contribution >= 4 is 17.7 Å². The Labute approximate surface area is 187 Å². The molecule has 5 rings (SSSR count). The number of benzene rings is 1. The molecule has 0 aromatic heterocycles. The van der Waals surface area contributed by atoms with E-state index in [-0.39, 0.29) is 24.3 Å². The van der Waals surface area contributed by atoms with E-state index in [9.17, 15) is 18.8 Å². The number of rotatable bonds is 4. The van der Waals surface area contributed by atoms with Crippen molar-refractivity contribution in [2.75, 3.05) is 13.1 Å². The van der Waals surface area contributed by atoms with E-state index in [0.29, 0.717) is 37.4 Å². The van der Waals surface area contributed by atoms with E-state index in [1.54, 1.807) is 11.0 Å². The van der Waals surface area contributed by atoms with Crippen LogP contribution in [-0.2, 0) is 16.1 Å². The average molecular weight is 444 g/mol. The van der Waals surface area contributed by atoms with E-state index >= 15 is 0 Å². The van der Waals surface area contributed by atoms with Crippen molar-refractivity contribution in [1.82, 2.24) is 15.1 Å². The van der Waals surface area contributed by atoms with Gasteiger partial charge in [-0.05, 0) is 62.3 Å². The number of carbonyl (C=O) groups is 3. The van der Waals surface area contributed by atoms with Crippen molar-refractivity contribution in [2.45, 2.75) is 82.3 Å². The van der Waals surface area contributed by atoms with Crippen LogP contribution >= 0.6 is 0 Å². The maximum atomic E-state index is 13.6. The molecule has 3 aliphatic heterocycles. The summed E-state index contributed by atoms with van der Waals surface area (Å²) < 4.78 is 20.0. The Balaban J connectivity index is 1.28. The van der Waals surface area contributed by atoms with Gasteiger partial charge in [0.1, 0.15) is 24.1 Å². The molecule has 32 heavy (non-hydrogen) atoms. The molecule has 172 valence electrons. The highest BCUT2D eigenvalue weighted by Crippen LogP contribution is 2.33. The van der Waals surface area contributed by atoms with Crippen LogP contribution in [0.5, 0.6) is 5.75 Å². The summed E-state index contributed by atoms with van der Waals surface area (Å²) in [5, 5.41) is 2.33. The Kier molecular flexibility index (Phi) is 5.88. The van der Waals surface area contributed by atoms with Gasteiger partial charge < -0.3 is 9.64 Å². The van der Waals surface area contributed by atoms with Crippen molar-refractivity contribution in [1.29, 1.82) is 0 Å². The topological polar surface area (TPSA) is 79.0 Å². The summed E-state index contributed by atoms with van der Waals surface area (Å²) in [7, 11) is 0.